The van der Waals surface area contributed by atoms with Crippen LogP contribution in [-0.2, 0) is 20.4 Å². The van der Waals surface area contributed by atoms with E-state index in [0.29, 0.717) is 0 Å². The van der Waals surface area contributed by atoms with Crippen LogP contribution < -0.4 is 0 Å². The fourth-order valence-corrected chi connectivity index (χ4v) is 0. The van der Waals surface area contributed by atoms with Crippen LogP contribution in [-0.4, -0.2) is 5.09 Å². The Bertz CT molecular complexity index is 29.9. The number of hydrogen-bond acceptors (Lipinski definition) is 3. The van der Waals surface area contributed by atoms with E-state index in [4.69, 9.17) is 15.3 Å². The molecule has 0 amide bonds. The molecular formula is NO3Pd-. The molecule has 0 aliphatic heterocycles. The predicted octanol–water partition coefficient (Wildman–Crippen LogP) is -0.242. The summed E-state index contributed by atoms with van der Waals surface area (Å²) in [5, 5.41) is 14.8. The minimum Gasteiger partial charge on any atom is -0.356 e. The van der Waals surface area contributed by atoms with E-state index < -0.39 is 5.09 Å². The van der Waals surface area contributed by atoms with Crippen LogP contribution in [0.25, 0.3) is 0 Å². The molecule has 5 heavy (non-hydrogen) atoms. The Morgan fingerprint density at radius 1 is 1.40 bits per heavy atom. The minimum atomic E-state index is -1.75. The van der Waals surface area contributed by atoms with Crippen LogP contribution in [0.5, 0.6) is 0 Å². The van der Waals surface area contributed by atoms with Gasteiger partial charge in [0.2, 0.25) is 0 Å². The molecule has 0 aromatic carbocycles. The first-order valence-corrected chi connectivity index (χ1v) is 0.548. The van der Waals surface area contributed by atoms with Crippen molar-refractivity contribution < 1.29 is 25.5 Å². The van der Waals surface area contributed by atoms with Gasteiger partial charge in [-0.2, -0.15) is 0 Å². The molecule has 0 fully saturated rings. The number of rotatable bonds is 0. The second kappa shape index (κ2) is 3.86. The first-order chi connectivity index (χ1) is 1.73. The third-order valence-electron chi connectivity index (χ3n) is 0. The summed E-state index contributed by atoms with van der Waals surface area (Å²) in [6.07, 6.45) is 0. The van der Waals surface area contributed by atoms with Gasteiger partial charge in [0.05, 0.1) is 5.09 Å². The Morgan fingerprint density at radius 2 is 1.40 bits per heavy atom. The molecule has 5 heteroatoms. The molecular weight excluding hydrogens is 168 g/mol. The quantitative estimate of drug-likeness (QED) is 0.285. The smallest absolute Gasteiger partial charge is 0.0689 e. The second-order valence-corrected chi connectivity index (χ2v) is 0.224. The van der Waals surface area contributed by atoms with Crippen molar-refractivity contribution >= 4 is 0 Å². The van der Waals surface area contributed by atoms with Crippen LogP contribution in [0, 0.1) is 15.3 Å². The second-order valence-electron chi connectivity index (χ2n) is 0.224. The van der Waals surface area contributed by atoms with Gasteiger partial charge in [-0.05, 0) is 0 Å². The summed E-state index contributed by atoms with van der Waals surface area (Å²) in [5.41, 5.74) is 0. The van der Waals surface area contributed by atoms with Crippen LogP contribution in [0.3, 0.4) is 0 Å². The topological polar surface area (TPSA) is 66.2 Å². The molecule has 0 aromatic rings. The maximum absolute atomic E-state index is 8.25. The molecule has 34 valence electrons. The molecule has 0 saturated heterocycles. The van der Waals surface area contributed by atoms with Crippen molar-refractivity contribution in [2.45, 2.75) is 0 Å². The summed E-state index contributed by atoms with van der Waals surface area (Å²) < 4.78 is 0. The zero-order valence-electron chi connectivity index (χ0n) is 1.99. The number of nitrogens with zero attached hydrogens (tertiary/aromatic N) is 1. The number of hydrogen-bond donors (Lipinski definition) is 0. The van der Waals surface area contributed by atoms with Crippen molar-refractivity contribution in [2.75, 3.05) is 0 Å². The molecule has 0 aliphatic rings. The molecule has 0 N–H and O–H groups in total. The largest absolute Gasteiger partial charge is 0.356 e. The average molecular weight is 168 g/mol. The van der Waals surface area contributed by atoms with Crippen LogP contribution in [0.4, 0.5) is 0 Å². The van der Waals surface area contributed by atoms with E-state index in [1.807, 2.05) is 0 Å². The fourth-order valence-electron chi connectivity index (χ4n) is 0. The van der Waals surface area contributed by atoms with E-state index in [1.165, 1.54) is 0 Å². The molecule has 0 spiro atoms. The van der Waals surface area contributed by atoms with Gasteiger partial charge in [0.15, 0.2) is 0 Å². The van der Waals surface area contributed by atoms with Crippen molar-refractivity contribution in [2.24, 2.45) is 0 Å². The van der Waals surface area contributed by atoms with E-state index in [2.05, 4.69) is 0 Å². The van der Waals surface area contributed by atoms with E-state index in [9.17, 15) is 0 Å². The summed E-state index contributed by atoms with van der Waals surface area (Å²) in [6.45, 7) is 0. The maximum atomic E-state index is 8.25. The zero-order valence-corrected chi connectivity index (χ0v) is 3.54. The Balaban J connectivity index is 0. The molecule has 0 aliphatic carbocycles. The van der Waals surface area contributed by atoms with Crippen molar-refractivity contribution in [3.8, 4) is 0 Å². The Kier molecular flexibility index (Phi) is 6.84. The zero-order chi connectivity index (χ0) is 3.58. The first-order valence-electron chi connectivity index (χ1n) is 0.548. The van der Waals surface area contributed by atoms with Crippen molar-refractivity contribution in [3.63, 3.8) is 0 Å². The summed E-state index contributed by atoms with van der Waals surface area (Å²) in [7, 11) is 0. The average Bonchev–Trinajstić information content (AvgIpc) is 0.811. The summed E-state index contributed by atoms with van der Waals surface area (Å²) >= 11 is 0. The van der Waals surface area contributed by atoms with E-state index >= 15 is 0 Å². The van der Waals surface area contributed by atoms with Crippen LogP contribution in [0.15, 0.2) is 0 Å². The molecule has 0 bridgehead atoms. The van der Waals surface area contributed by atoms with E-state index in [1.54, 1.807) is 0 Å². The third kappa shape index (κ3) is 707. The summed E-state index contributed by atoms with van der Waals surface area (Å²) in [5.74, 6) is 0. The third-order valence-corrected chi connectivity index (χ3v) is 0. The standard InChI is InChI=1S/NO3.Pd/c2-1(3)4;/q-1;. The van der Waals surface area contributed by atoms with E-state index in [-0.39, 0.29) is 20.4 Å². The van der Waals surface area contributed by atoms with Crippen molar-refractivity contribution in [3.05, 3.63) is 15.3 Å². The van der Waals surface area contributed by atoms with Gasteiger partial charge in [0.25, 0.3) is 0 Å². The molecule has 0 aromatic heterocycles. The van der Waals surface area contributed by atoms with Gasteiger partial charge in [-0.25, -0.2) is 0 Å². The van der Waals surface area contributed by atoms with Gasteiger partial charge in [-0.1, -0.05) is 0 Å². The Labute approximate surface area is 41.6 Å². The van der Waals surface area contributed by atoms with Crippen LogP contribution in [0.1, 0.15) is 0 Å². The molecule has 0 unspecified atom stereocenters. The van der Waals surface area contributed by atoms with Gasteiger partial charge in [0.1, 0.15) is 0 Å². The fraction of sp³-hybridized carbons (Fsp3) is 0. The van der Waals surface area contributed by atoms with Gasteiger partial charge in [0, 0.05) is 20.4 Å². The van der Waals surface area contributed by atoms with E-state index in [0.717, 1.165) is 0 Å². The van der Waals surface area contributed by atoms with Gasteiger partial charge in [-0.15, -0.1) is 0 Å². The van der Waals surface area contributed by atoms with Gasteiger partial charge >= 0.3 is 0 Å². The molecule has 0 rings (SSSR count). The normalized spacial score (nSPS) is 4.80. The molecule has 0 atom stereocenters. The summed E-state index contributed by atoms with van der Waals surface area (Å²) in [6, 6.07) is 0. The van der Waals surface area contributed by atoms with Crippen molar-refractivity contribution in [1.29, 1.82) is 0 Å². The Morgan fingerprint density at radius 3 is 1.40 bits per heavy atom. The van der Waals surface area contributed by atoms with Crippen molar-refractivity contribution in [1.82, 2.24) is 0 Å². The van der Waals surface area contributed by atoms with Crippen LogP contribution in [0.2, 0.25) is 0 Å². The summed E-state index contributed by atoms with van der Waals surface area (Å²) in [4.78, 5) is 8.25. The van der Waals surface area contributed by atoms with Gasteiger partial charge in [-0.3, -0.25) is 0 Å². The SMILES string of the molecule is O=[N+]([O-])[O-].[Pd]. The predicted molar refractivity (Wildman–Crippen MR) is 10.4 cm³/mol. The minimum absolute atomic E-state index is 0. The van der Waals surface area contributed by atoms with Gasteiger partial charge < -0.3 is 15.3 Å². The molecule has 4 nitrogen and oxygen atoms in total. The first kappa shape index (κ1) is 8.85. The Hall–Kier alpha value is -0.138. The van der Waals surface area contributed by atoms with Crippen LogP contribution >= 0.6 is 0 Å². The maximum Gasteiger partial charge on any atom is 0.0689 e. The molecule has 0 heterocycles. The monoisotopic (exact) mass is 168 g/mol. The molecule has 0 radical (unpaired) electrons. The molecule has 0 saturated carbocycles.